The molecule has 0 spiro atoms. The molecule has 2 amide bonds. The minimum absolute atomic E-state index is 0.0984. The molecule has 0 saturated carbocycles. The first-order valence-electron chi connectivity index (χ1n) is 14.3. The van der Waals surface area contributed by atoms with Gasteiger partial charge in [-0.3, -0.25) is 13.9 Å². The van der Waals surface area contributed by atoms with Crippen LogP contribution in [0.5, 0.6) is 0 Å². The molecule has 0 aliphatic heterocycles. The van der Waals surface area contributed by atoms with E-state index in [0.717, 1.165) is 15.9 Å². The predicted molar refractivity (Wildman–Crippen MR) is 176 cm³/mol. The first-order valence-corrected chi connectivity index (χ1v) is 16.5. The van der Waals surface area contributed by atoms with Crippen LogP contribution in [-0.2, 0) is 32.6 Å². The van der Waals surface area contributed by atoms with Crippen LogP contribution >= 0.6 is 23.2 Å². The molecule has 0 aliphatic carbocycles. The molecule has 45 heavy (non-hydrogen) atoms. The summed E-state index contributed by atoms with van der Waals surface area (Å²) >= 11 is 12.4. The van der Waals surface area contributed by atoms with E-state index in [1.807, 2.05) is 44.2 Å². The van der Waals surface area contributed by atoms with Crippen LogP contribution in [0.1, 0.15) is 25.0 Å². The van der Waals surface area contributed by atoms with E-state index in [0.29, 0.717) is 17.1 Å². The summed E-state index contributed by atoms with van der Waals surface area (Å²) in [6, 6.07) is 25.8. The highest BCUT2D eigenvalue weighted by molar-refractivity contribution is 7.92. The minimum atomic E-state index is -4.41. The van der Waals surface area contributed by atoms with Gasteiger partial charge in [-0.25, -0.2) is 12.8 Å². The molecule has 4 aromatic rings. The third-order valence-electron chi connectivity index (χ3n) is 7.02. The van der Waals surface area contributed by atoms with Crippen LogP contribution in [-0.4, -0.2) is 44.3 Å². The Morgan fingerprint density at radius 3 is 2.07 bits per heavy atom. The van der Waals surface area contributed by atoms with Crippen molar-refractivity contribution in [2.75, 3.05) is 17.4 Å². The van der Waals surface area contributed by atoms with Gasteiger partial charge in [-0.1, -0.05) is 104 Å². The molecule has 0 fully saturated rings. The van der Waals surface area contributed by atoms with Gasteiger partial charge < -0.3 is 10.2 Å². The molecule has 7 nitrogen and oxygen atoms in total. The van der Waals surface area contributed by atoms with Crippen LogP contribution in [0.15, 0.2) is 108 Å². The second kappa shape index (κ2) is 15.4. The molecule has 1 N–H and O–H groups in total. The lowest BCUT2D eigenvalue weighted by atomic mass is 10.0. The van der Waals surface area contributed by atoms with E-state index in [9.17, 15) is 18.0 Å². The van der Waals surface area contributed by atoms with Crippen LogP contribution < -0.4 is 9.62 Å². The van der Waals surface area contributed by atoms with Crippen molar-refractivity contribution in [2.45, 2.75) is 37.8 Å². The second-order valence-corrected chi connectivity index (χ2v) is 13.6. The highest BCUT2D eigenvalue weighted by atomic mass is 35.5. The SMILES string of the molecule is CC(C)CNC(=O)C(Cc1ccccc1)N(Cc1ccc(Cl)c(Cl)c1)C(=O)CN(c1ccccc1F)S(=O)(=O)c1ccccc1. The molecule has 0 bridgehead atoms. The Morgan fingerprint density at radius 1 is 0.822 bits per heavy atom. The summed E-state index contributed by atoms with van der Waals surface area (Å²) in [5.74, 6) is -1.82. The number of rotatable bonds is 13. The first kappa shape index (κ1) is 34.0. The van der Waals surface area contributed by atoms with Gasteiger partial charge in [-0.2, -0.15) is 0 Å². The smallest absolute Gasteiger partial charge is 0.264 e. The largest absolute Gasteiger partial charge is 0.354 e. The van der Waals surface area contributed by atoms with Gasteiger partial charge in [-0.05, 0) is 53.4 Å². The Labute approximate surface area is 273 Å². The monoisotopic (exact) mass is 669 g/mol. The van der Waals surface area contributed by atoms with E-state index in [2.05, 4.69) is 5.32 Å². The van der Waals surface area contributed by atoms with Gasteiger partial charge >= 0.3 is 0 Å². The molecule has 0 radical (unpaired) electrons. The molecule has 4 rings (SSSR count). The molecule has 0 saturated heterocycles. The molecule has 0 aliphatic rings. The summed E-state index contributed by atoms with van der Waals surface area (Å²) in [4.78, 5) is 29.4. The van der Waals surface area contributed by atoms with Crippen LogP contribution in [0, 0.1) is 11.7 Å². The number of carbonyl (C=O) groups is 2. The summed E-state index contributed by atoms with van der Waals surface area (Å²) in [5.41, 5.74) is 1.06. The minimum Gasteiger partial charge on any atom is -0.354 e. The topological polar surface area (TPSA) is 86.8 Å². The van der Waals surface area contributed by atoms with Crippen molar-refractivity contribution in [2.24, 2.45) is 5.92 Å². The number of hydrogen-bond acceptors (Lipinski definition) is 4. The standard InChI is InChI=1S/C34H34Cl2FN3O4S/c1-24(2)21-38-34(42)32(20-25-11-5-3-6-12-25)39(22-26-17-18-28(35)29(36)19-26)33(41)23-40(31-16-10-9-15-30(31)37)45(43,44)27-13-7-4-8-14-27/h3-19,24,32H,20-23H2,1-2H3,(H,38,42). The van der Waals surface area contributed by atoms with Crippen LogP contribution in [0.2, 0.25) is 10.0 Å². The number of anilines is 1. The zero-order valence-corrected chi connectivity index (χ0v) is 27.2. The summed E-state index contributed by atoms with van der Waals surface area (Å²) in [5, 5.41) is 3.49. The van der Waals surface area contributed by atoms with Crippen molar-refractivity contribution < 1.29 is 22.4 Å². The Hall–Kier alpha value is -3.92. The Balaban J connectivity index is 1.81. The number of nitrogens with zero attached hydrogens (tertiary/aromatic N) is 2. The number of hydrogen-bond donors (Lipinski definition) is 1. The maximum atomic E-state index is 15.2. The van der Waals surface area contributed by atoms with Crippen molar-refractivity contribution in [3.63, 3.8) is 0 Å². The quantitative estimate of drug-likeness (QED) is 0.171. The molecule has 11 heteroatoms. The maximum Gasteiger partial charge on any atom is 0.264 e. The fourth-order valence-electron chi connectivity index (χ4n) is 4.70. The zero-order valence-electron chi connectivity index (χ0n) is 24.9. The van der Waals surface area contributed by atoms with Crippen molar-refractivity contribution in [3.05, 3.63) is 130 Å². The lowest BCUT2D eigenvalue weighted by Crippen LogP contribution is -2.53. The fourth-order valence-corrected chi connectivity index (χ4v) is 6.46. The lowest BCUT2D eigenvalue weighted by molar-refractivity contribution is -0.140. The Bertz CT molecular complexity index is 1720. The van der Waals surface area contributed by atoms with Crippen LogP contribution in [0.25, 0.3) is 0 Å². The number of carbonyl (C=O) groups excluding carboxylic acids is 2. The first-order chi connectivity index (χ1) is 21.5. The van der Waals surface area contributed by atoms with E-state index in [1.165, 1.54) is 35.2 Å². The Kier molecular flexibility index (Phi) is 11.6. The van der Waals surface area contributed by atoms with E-state index in [4.69, 9.17) is 23.2 Å². The van der Waals surface area contributed by atoms with Crippen molar-refractivity contribution >= 4 is 50.7 Å². The van der Waals surface area contributed by atoms with Gasteiger partial charge in [0.15, 0.2) is 0 Å². The van der Waals surface area contributed by atoms with Crippen molar-refractivity contribution in [3.8, 4) is 0 Å². The van der Waals surface area contributed by atoms with Gasteiger partial charge in [0, 0.05) is 19.5 Å². The molecule has 1 unspecified atom stereocenters. The predicted octanol–water partition coefficient (Wildman–Crippen LogP) is 6.74. The number of halogens is 3. The molecule has 0 aromatic heterocycles. The van der Waals surface area contributed by atoms with Gasteiger partial charge in [0.1, 0.15) is 18.4 Å². The highest BCUT2D eigenvalue weighted by Crippen LogP contribution is 2.28. The lowest BCUT2D eigenvalue weighted by Gasteiger charge is -2.34. The molecule has 4 aromatic carbocycles. The third-order valence-corrected chi connectivity index (χ3v) is 9.54. The molecular formula is C34H34Cl2FN3O4S. The average Bonchev–Trinajstić information content (AvgIpc) is 3.03. The molecule has 1 atom stereocenters. The van der Waals surface area contributed by atoms with Crippen molar-refractivity contribution in [1.82, 2.24) is 10.2 Å². The molecular weight excluding hydrogens is 636 g/mol. The third kappa shape index (κ3) is 8.84. The summed E-state index contributed by atoms with van der Waals surface area (Å²) < 4.78 is 43.8. The zero-order chi connectivity index (χ0) is 32.6. The van der Waals surface area contributed by atoms with Gasteiger partial charge in [0.2, 0.25) is 11.8 Å². The second-order valence-electron chi connectivity index (χ2n) is 10.9. The summed E-state index contributed by atoms with van der Waals surface area (Å²) in [6.45, 7) is 3.39. The van der Waals surface area contributed by atoms with Crippen LogP contribution in [0.3, 0.4) is 0 Å². The van der Waals surface area contributed by atoms with Gasteiger partial charge in [-0.15, -0.1) is 0 Å². The highest BCUT2D eigenvalue weighted by Gasteiger charge is 2.35. The number of para-hydroxylation sites is 1. The van der Waals surface area contributed by atoms with E-state index in [1.54, 1.807) is 36.4 Å². The summed E-state index contributed by atoms with van der Waals surface area (Å²) in [7, 11) is -4.41. The van der Waals surface area contributed by atoms with Crippen molar-refractivity contribution in [1.29, 1.82) is 0 Å². The summed E-state index contributed by atoms with van der Waals surface area (Å²) in [6.07, 6.45) is 0.142. The fraction of sp³-hybridized carbons (Fsp3) is 0.235. The normalized spacial score (nSPS) is 12.0. The van der Waals surface area contributed by atoms with Gasteiger partial charge in [0.25, 0.3) is 10.0 Å². The number of nitrogens with one attached hydrogen (secondary N) is 1. The number of sulfonamides is 1. The average molecular weight is 671 g/mol. The molecule has 0 heterocycles. The Morgan fingerprint density at radius 2 is 1.44 bits per heavy atom. The van der Waals surface area contributed by atoms with Crippen LogP contribution in [0.4, 0.5) is 10.1 Å². The molecule has 236 valence electrons. The van der Waals surface area contributed by atoms with Gasteiger partial charge in [0.05, 0.1) is 20.6 Å². The van der Waals surface area contributed by atoms with E-state index in [-0.39, 0.29) is 34.5 Å². The number of amides is 2. The maximum absolute atomic E-state index is 15.2. The van der Waals surface area contributed by atoms with E-state index < -0.39 is 40.2 Å². The van der Waals surface area contributed by atoms with E-state index >= 15 is 4.39 Å². The number of benzene rings is 4.